The fourth-order valence-electron chi connectivity index (χ4n) is 5.37. The summed E-state index contributed by atoms with van der Waals surface area (Å²) in [4.78, 5) is 0. The molecule has 0 atom stereocenters. The maximum absolute atomic E-state index is 5.20. The van der Waals surface area contributed by atoms with Crippen LogP contribution in [-0.4, -0.2) is 11.3 Å². The van der Waals surface area contributed by atoms with Crippen LogP contribution in [0.2, 0.25) is 0 Å². The van der Waals surface area contributed by atoms with E-state index < -0.39 is 7.26 Å². The van der Waals surface area contributed by atoms with Gasteiger partial charge in [0.1, 0.15) is 0 Å². The van der Waals surface area contributed by atoms with E-state index in [9.17, 15) is 0 Å². The van der Waals surface area contributed by atoms with Gasteiger partial charge in [0, 0.05) is 11.3 Å². The molecule has 2 aliphatic rings. The molecule has 162 valence electrons. The molecule has 3 heteroatoms. The van der Waals surface area contributed by atoms with Gasteiger partial charge >= 0.3 is 27.7 Å². The zero-order valence-electron chi connectivity index (χ0n) is 18.5. The molecule has 1 aromatic carbocycles. The van der Waals surface area contributed by atoms with E-state index in [2.05, 4.69) is 73.6 Å². The van der Waals surface area contributed by atoms with E-state index >= 15 is 0 Å². The number of benzene rings is 1. The maximum atomic E-state index is 5.20. The van der Waals surface area contributed by atoms with Gasteiger partial charge in [-0.3, -0.25) is 0 Å². The van der Waals surface area contributed by atoms with Crippen LogP contribution >= 0.6 is 16.8 Å². The normalized spacial score (nSPS) is 19.6. The summed E-state index contributed by atoms with van der Waals surface area (Å²) in [5, 5.41) is 1.69. The third kappa shape index (κ3) is 5.85. The second kappa shape index (κ2) is 11.8. The van der Waals surface area contributed by atoms with Gasteiger partial charge in [0.05, 0.1) is 5.30 Å². The van der Waals surface area contributed by atoms with Gasteiger partial charge in [-0.05, 0) is 86.5 Å². The first-order chi connectivity index (χ1) is 13.4. The van der Waals surface area contributed by atoms with Gasteiger partial charge in [-0.25, -0.2) is 0 Å². The molecular weight excluding hydrogens is 473 g/mol. The van der Waals surface area contributed by atoms with Crippen LogP contribution in [0.25, 0.3) is 0 Å². The molecule has 0 N–H and O–H groups in total. The van der Waals surface area contributed by atoms with Crippen LogP contribution in [0, 0.1) is 6.66 Å². The van der Waals surface area contributed by atoms with E-state index in [-0.39, 0.29) is 0 Å². The quantitative estimate of drug-likeness (QED) is 0.209. The molecule has 0 nitrogen and oxygen atoms in total. The molecule has 28 heavy (non-hydrogen) atoms. The zero-order valence-corrected chi connectivity index (χ0v) is 21.7. The van der Waals surface area contributed by atoms with Crippen LogP contribution in [0.15, 0.2) is 18.2 Å². The summed E-state index contributed by atoms with van der Waals surface area (Å²) < 4.78 is 0. The van der Waals surface area contributed by atoms with Gasteiger partial charge in [-0.15, -0.1) is 0 Å². The Kier molecular flexibility index (Phi) is 10.5. The predicted octanol–water partition coefficient (Wildman–Crippen LogP) is 8.72. The Morgan fingerprint density at radius 3 is 1.43 bits per heavy atom. The minimum atomic E-state index is -1.36. The van der Waals surface area contributed by atoms with Gasteiger partial charge in [-0.2, -0.15) is 6.66 Å². The molecule has 0 heterocycles. The zero-order chi connectivity index (χ0) is 20.7. The molecule has 2 aliphatic carbocycles. The molecule has 3 rings (SSSR count). The van der Waals surface area contributed by atoms with Crippen molar-refractivity contribution in [3.05, 3.63) is 36.0 Å². The first-order valence-electron chi connectivity index (χ1n) is 11.4. The standard InChI is InChI=1S/C25H41P.ClH.Pd/c1-19(2)21-16-22(20(3)4)18-25(17-21)26(5,23-12-8-6-9-13-23)24-14-10-7-11-15-24;;/h16-20,23-24H,5-15H2,1-4H3;1H;/q;;+2/p-1. The van der Waals surface area contributed by atoms with Crippen LogP contribution in [-0.2, 0) is 18.2 Å². The predicted molar refractivity (Wildman–Crippen MR) is 126 cm³/mol. The Hall–Kier alpha value is 0.602. The molecule has 0 bridgehead atoms. The summed E-state index contributed by atoms with van der Waals surface area (Å²) in [6.45, 7) is 14.6. The van der Waals surface area contributed by atoms with Crippen molar-refractivity contribution in [3.63, 3.8) is 0 Å². The number of rotatable bonds is 5. The number of hydrogen-bond acceptors (Lipinski definition) is 0. The molecule has 0 radical (unpaired) electrons. The van der Waals surface area contributed by atoms with Crippen molar-refractivity contribution in [1.82, 2.24) is 0 Å². The average Bonchev–Trinajstić information content (AvgIpc) is 2.75. The summed E-state index contributed by atoms with van der Waals surface area (Å²) in [5.41, 5.74) is 4.88. The molecule has 0 unspecified atom stereocenters. The number of halogens is 1. The van der Waals surface area contributed by atoms with E-state index in [1.54, 1.807) is 16.4 Å². The first-order valence-corrected chi connectivity index (χ1v) is 15.5. The second-order valence-corrected chi connectivity index (χ2v) is 13.5. The van der Waals surface area contributed by atoms with Crippen LogP contribution in [0.1, 0.15) is 115 Å². The fraction of sp³-hybridized carbons (Fsp3) is 0.720. The van der Waals surface area contributed by atoms with Crippen LogP contribution < -0.4 is 5.30 Å². The molecule has 0 aliphatic heterocycles. The van der Waals surface area contributed by atoms with Gasteiger partial charge in [0.25, 0.3) is 0 Å². The van der Waals surface area contributed by atoms with Crippen molar-refractivity contribution < 1.29 is 18.2 Å². The first kappa shape index (κ1) is 24.9. The summed E-state index contributed by atoms with van der Waals surface area (Å²) in [6.07, 6.45) is 14.4. The van der Waals surface area contributed by atoms with Gasteiger partial charge < -0.3 is 0 Å². The third-order valence-electron chi connectivity index (χ3n) is 7.23. The molecule has 0 amide bonds. The SMILES string of the molecule is [CH2-][P+](c1cc(C(C)C)cc(C(C)C)c1)(C1CCCCC1)C1CCCCC1.[Cl][Pd+]. The van der Waals surface area contributed by atoms with Crippen LogP contribution in [0.4, 0.5) is 0 Å². The Bertz CT molecular complexity index is 542. The van der Waals surface area contributed by atoms with Gasteiger partial charge in [-0.1, -0.05) is 53.9 Å². The van der Waals surface area contributed by atoms with Gasteiger partial charge in [0.2, 0.25) is 0 Å². The Labute approximate surface area is 190 Å². The van der Waals surface area contributed by atoms with Crippen molar-refractivity contribution >= 4 is 22.1 Å². The third-order valence-corrected chi connectivity index (χ3v) is 12.1. The van der Waals surface area contributed by atoms with E-state index in [1.165, 1.54) is 64.2 Å². The van der Waals surface area contributed by atoms with E-state index in [4.69, 9.17) is 6.66 Å². The molecule has 2 fully saturated rings. The summed E-state index contributed by atoms with van der Waals surface area (Å²) in [5.74, 6) is 1.22. The fourth-order valence-corrected chi connectivity index (χ4v) is 10.2. The van der Waals surface area contributed by atoms with Crippen molar-refractivity contribution in [2.24, 2.45) is 0 Å². The Balaban J connectivity index is 0.00000136. The van der Waals surface area contributed by atoms with Crippen molar-refractivity contribution in [2.75, 3.05) is 0 Å². The van der Waals surface area contributed by atoms with E-state index in [1.807, 2.05) is 0 Å². The van der Waals surface area contributed by atoms with Gasteiger partial charge in [0.15, 0.2) is 0 Å². The van der Waals surface area contributed by atoms with E-state index in [0.29, 0.717) is 11.8 Å². The molecular formula is C25H41ClPPd+. The summed E-state index contributed by atoms with van der Waals surface area (Å²) in [6, 6.07) is 7.67. The summed E-state index contributed by atoms with van der Waals surface area (Å²) in [7, 11) is 3.13. The van der Waals surface area contributed by atoms with Crippen molar-refractivity contribution in [1.29, 1.82) is 0 Å². The molecule has 0 saturated heterocycles. The van der Waals surface area contributed by atoms with Crippen LogP contribution in [0.3, 0.4) is 0 Å². The Morgan fingerprint density at radius 1 is 0.750 bits per heavy atom. The molecule has 2 saturated carbocycles. The summed E-state index contributed by atoms with van der Waals surface area (Å²) >= 11 is 2.22. The Morgan fingerprint density at radius 2 is 1.11 bits per heavy atom. The molecule has 0 spiro atoms. The molecule has 1 aromatic rings. The second-order valence-electron chi connectivity index (χ2n) is 9.68. The monoisotopic (exact) mass is 513 g/mol. The topological polar surface area (TPSA) is 0 Å². The van der Waals surface area contributed by atoms with Crippen molar-refractivity contribution in [2.45, 2.75) is 115 Å². The minimum absolute atomic E-state index is 0.610. The number of hydrogen-bond donors (Lipinski definition) is 0. The molecule has 0 aromatic heterocycles. The van der Waals surface area contributed by atoms with E-state index in [0.717, 1.165) is 11.3 Å². The van der Waals surface area contributed by atoms with Crippen molar-refractivity contribution in [3.8, 4) is 0 Å². The average molecular weight is 514 g/mol. The van der Waals surface area contributed by atoms with Crippen LogP contribution in [0.5, 0.6) is 0 Å².